The highest BCUT2D eigenvalue weighted by Crippen LogP contribution is 2.23. The molecule has 3 nitrogen and oxygen atoms in total. The number of carboxylic acid groups (broad SMARTS) is 1. The van der Waals surface area contributed by atoms with Gasteiger partial charge in [0.2, 0.25) is 0 Å². The Morgan fingerprint density at radius 1 is 1.44 bits per heavy atom. The fraction of sp³-hybridized carbons (Fsp3) is 0.533. The average molecular weight is 247 g/mol. The highest BCUT2D eigenvalue weighted by Gasteiger charge is 2.20. The van der Waals surface area contributed by atoms with Crippen LogP contribution >= 0.6 is 0 Å². The molecule has 1 aliphatic rings. The van der Waals surface area contributed by atoms with E-state index in [0.29, 0.717) is 11.6 Å². The van der Waals surface area contributed by atoms with Crippen molar-refractivity contribution >= 4 is 5.97 Å². The lowest BCUT2D eigenvalue weighted by atomic mass is 9.96. The molecule has 0 radical (unpaired) electrons. The Balaban J connectivity index is 2.16. The minimum atomic E-state index is -0.837. The molecule has 0 fully saturated rings. The third-order valence-electron chi connectivity index (χ3n) is 3.82. The van der Waals surface area contributed by atoms with Crippen molar-refractivity contribution in [3.05, 3.63) is 34.9 Å². The standard InChI is InChI=1S/C15H21NO2/c1-3-4-11(2)16-8-7-12-5-6-13(15(17)18)9-14(12)10-16/h5-6,9,11H,3-4,7-8,10H2,1-2H3,(H,17,18). The number of benzene rings is 1. The summed E-state index contributed by atoms with van der Waals surface area (Å²) in [7, 11) is 0. The van der Waals surface area contributed by atoms with Crippen molar-refractivity contribution in [2.75, 3.05) is 6.54 Å². The monoisotopic (exact) mass is 247 g/mol. The molecule has 1 aromatic rings. The number of carboxylic acids is 1. The van der Waals surface area contributed by atoms with E-state index in [4.69, 9.17) is 5.11 Å². The van der Waals surface area contributed by atoms with Crippen molar-refractivity contribution in [1.29, 1.82) is 0 Å². The Hall–Kier alpha value is -1.35. The molecule has 0 spiro atoms. The van der Waals surface area contributed by atoms with E-state index in [2.05, 4.69) is 18.7 Å². The molecule has 0 amide bonds. The van der Waals surface area contributed by atoms with E-state index in [9.17, 15) is 4.79 Å². The van der Waals surface area contributed by atoms with Gasteiger partial charge in [0, 0.05) is 19.1 Å². The Bertz CT molecular complexity index is 442. The van der Waals surface area contributed by atoms with Crippen LogP contribution in [0.5, 0.6) is 0 Å². The summed E-state index contributed by atoms with van der Waals surface area (Å²) in [4.78, 5) is 13.4. The Labute approximate surface area is 108 Å². The van der Waals surface area contributed by atoms with Gasteiger partial charge in [0.05, 0.1) is 5.56 Å². The number of aromatic carboxylic acids is 1. The Morgan fingerprint density at radius 3 is 2.89 bits per heavy atom. The summed E-state index contributed by atoms with van der Waals surface area (Å²) in [5.74, 6) is -0.837. The number of rotatable bonds is 4. The van der Waals surface area contributed by atoms with E-state index in [1.165, 1.54) is 24.0 Å². The van der Waals surface area contributed by atoms with Crippen molar-refractivity contribution in [2.45, 2.75) is 45.7 Å². The van der Waals surface area contributed by atoms with E-state index < -0.39 is 5.97 Å². The van der Waals surface area contributed by atoms with Crippen molar-refractivity contribution in [2.24, 2.45) is 0 Å². The lowest BCUT2D eigenvalue weighted by molar-refractivity contribution is 0.0696. The van der Waals surface area contributed by atoms with Crippen LogP contribution in [0.3, 0.4) is 0 Å². The summed E-state index contributed by atoms with van der Waals surface area (Å²) in [6, 6.07) is 6.10. The second kappa shape index (κ2) is 5.53. The first-order valence-corrected chi connectivity index (χ1v) is 6.71. The second-order valence-electron chi connectivity index (χ2n) is 5.15. The van der Waals surface area contributed by atoms with Crippen LogP contribution in [-0.4, -0.2) is 28.6 Å². The lowest BCUT2D eigenvalue weighted by Crippen LogP contribution is -2.37. The van der Waals surface area contributed by atoms with Gasteiger partial charge in [-0.15, -0.1) is 0 Å². The van der Waals surface area contributed by atoms with Crippen LogP contribution in [0.15, 0.2) is 18.2 Å². The molecule has 18 heavy (non-hydrogen) atoms. The number of fused-ring (bicyclic) bond motifs is 1. The molecular weight excluding hydrogens is 226 g/mol. The topological polar surface area (TPSA) is 40.5 Å². The summed E-state index contributed by atoms with van der Waals surface area (Å²) in [5, 5.41) is 9.03. The predicted octanol–water partition coefficient (Wildman–Crippen LogP) is 2.93. The van der Waals surface area contributed by atoms with Gasteiger partial charge in [-0.2, -0.15) is 0 Å². The van der Waals surface area contributed by atoms with Crippen LogP contribution in [0.25, 0.3) is 0 Å². The van der Waals surface area contributed by atoms with E-state index >= 15 is 0 Å². The molecule has 2 rings (SSSR count). The van der Waals surface area contributed by atoms with Gasteiger partial charge in [-0.3, -0.25) is 4.90 Å². The van der Waals surface area contributed by atoms with Gasteiger partial charge < -0.3 is 5.11 Å². The van der Waals surface area contributed by atoms with Crippen molar-refractivity contribution in [3.63, 3.8) is 0 Å². The van der Waals surface area contributed by atoms with Crippen molar-refractivity contribution in [3.8, 4) is 0 Å². The van der Waals surface area contributed by atoms with E-state index in [1.807, 2.05) is 12.1 Å². The zero-order valence-electron chi connectivity index (χ0n) is 11.1. The summed E-state index contributed by atoms with van der Waals surface area (Å²) in [6.07, 6.45) is 3.43. The molecule has 0 aromatic heterocycles. The maximum Gasteiger partial charge on any atom is 0.335 e. The number of hydrogen-bond donors (Lipinski definition) is 1. The van der Waals surface area contributed by atoms with Gasteiger partial charge in [0.25, 0.3) is 0 Å². The molecule has 1 atom stereocenters. The maximum absolute atomic E-state index is 11.0. The van der Waals surface area contributed by atoms with Gasteiger partial charge in [-0.1, -0.05) is 19.4 Å². The smallest absolute Gasteiger partial charge is 0.335 e. The first kappa shape index (κ1) is 13.1. The fourth-order valence-electron chi connectivity index (χ4n) is 2.69. The largest absolute Gasteiger partial charge is 0.478 e. The molecule has 0 saturated heterocycles. The molecule has 0 aliphatic carbocycles. The Kier molecular flexibility index (Phi) is 4.02. The predicted molar refractivity (Wildman–Crippen MR) is 71.9 cm³/mol. The molecule has 0 saturated carbocycles. The highest BCUT2D eigenvalue weighted by molar-refractivity contribution is 5.87. The van der Waals surface area contributed by atoms with E-state index in [0.717, 1.165) is 19.5 Å². The SMILES string of the molecule is CCCC(C)N1CCc2ccc(C(=O)O)cc2C1. The zero-order chi connectivity index (χ0) is 13.1. The van der Waals surface area contributed by atoms with Crippen LogP contribution in [0, 0.1) is 0 Å². The van der Waals surface area contributed by atoms with Crippen LogP contribution in [0.2, 0.25) is 0 Å². The highest BCUT2D eigenvalue weighted by atomic mass is 16.4. The van der Waals surface area contributed by atoms with Crippen molar-refractivity contribution < 1.29 is 9.90 Å². The number of carbonyl (C=O) groups is 1. The number of nitrogens with zero attached hydrogens (tertiary/aromatic N) is 1. The van der Waals surface area contributed by atoms with Crippen LogP contribution in [-0.2, 0) is 13.0 Å². The second-order valence-corrected chi connectivity index (χ2v) is 5.15. The molecule has 1 aromatic carbocycles. The maximum atomic E-state index is 11.0. The summed E-state index contributed by atoms with van der Waals surface area (Å²) in [6.45, 7) is 6.44. The molecule has 1 aliphatic heterocycles. The number of hydrogen-bond acceptors (Lipinski definition) is 2. The van der Waals surface area contributed by atoms with Gasteiger partial charge in [0.1, 0.15) is 0 Å². The Morgan fingerprint density at radius 2 is 2.22 bits per heavy atom. The van der Waals surface area contributed by atoms with Gasteiger partial charge in [0.15, 0.2) is 0 Å². The molecule has 1 unspecified atom stereocenters. The first-order chi connectivity index (χ1) is 8.61. The van der Waals surface area contributed by atoms with Gasteiger partial charge in [-0.05, 0) is 43.0 Å². The van der Waals surface area contributed by atoms with Gasteiger partial charge in [-0.25, -0.2) is 4.79 Å². The molecule has 1 N–H and O–H groups in total. The first-order valence-electron chi connectivity index (χ1n) is 6.71. The van der Waals surface area contributed by atoms with Crippen LogP contribution in [0.4, 0.5) is 0 Å². The van der Waals surface area contributed by atoms with Crippen molar-refractivity contribution in [1.82, 2.24) is 4.90 Å². The molecule has 0 bridgehead atoms. The van der Waals surface area contributed by atoms with E-state index in [-0.39, 0.29) is 0 Å². The minimum Gasteiger partial charge on any atom is -0.478 e. The summed E-state index contributed by atoms with van der Waals surface area (Å²) >= 11 is 0. The summed E-state index contributed by atoms with van der Waals surface area (Å²) < 4.78 is 0. The lowest BCUT2D eigenvalue weighted by Gasteiger charge is -2.33. The normalized spacial score (nSPS) is 17.2. The third kappa shape index (κ3) is 2.72. The fourth-order valence-corrected chi connectivity index (χ4v) is 2.69. The van der Waals surface area contributed by atoms with Crippen LogP contribution in [0.1, 0.15) is 48.2 Å². The molecule has 3 heteroatoms. The third-order valence-corrected chi connectivity index (χ3v) is 3.82. The quantitative estimate of drug-likeness (QED) is 0.889. The molecule has 98 valence electrons. The average Bonchev–Trinajstić information content (AvgIpc) is 2.37. The molecule has 1 heterocycles. The summed E-state index contributed by atoms with van der Waals surface area (Å²) in [5.41, 5.74) is 2.89. The molecular formula is C15H21NO2. The van der Waals surface area contributed by atoms with E-state index in [1.54, 1.807) is 6.07 Å². The minimum absolute atomic E-state index is 0.402. The van der Waals surface area contributed by atoms with Crippen LogP contribution < -0.4 is 0 Å². The zero-order valence-corrected chi connectivity index (χ0v) is 11.1. The van der Waals surface area contributed by atoms with Gasteiger partial charge >= 0.3 is 5.97 Å².